The summed E-state index contributed by atoms with van der Waals surface area (Å²) in [5.41, 5.74) is -1.87. The topological polar surface area (TPSA) is 168 Å². The van der Waals surface area contributed by atoms with Crippen LogP contribution in [0.15, 0.2) is 0 Å². The van der Waals surface area contributed by atoms with E-state index >= 15 is 0 Å². The van der Waals surface area contributed by atoms with Crippen LogP contribution < -0.4 is 16.0 Å². The highest BCUT2D eigenvalue weighted by molar-refractivity contribution is 7.86. The lowest BCUT2D eigenvalue weighted by Crippen LogP contribution is -2.59. The molecular formula is C29H54N6O7S. The van der Waals surface area contributed by atoms with Gasteiger partial charge in [-0.3, -0.25) is 9.59 Å². The number of carboxylic acids is 1. The highest BCUT2D eigenvalue weighted by atomic mass is 32.2. The summed E-state index contributed by atoms with van der Waals surface area (Å²) in [6, 6.07) is -1.96. The number of unbranched alkanes of at least 4 members (excludes halogenated alkanes) is 4. The van der Waals surface area contributed by atoms with E-state index in [1.54, 1.807) is 6.92 Å². The van der Waals surface area contributed by atoms with Gasteiger partial charge in [-0.15, -0.1) is 0 Å². The van der Waals surface area contributed by atoms with E-state index in [0.29, 0.717) is 51.7 Å². The van der Waals surface area contributed by atoms with E-state index in [2.05, 4.69) is 22.9 Å². The van der Waals surface area contributed by atoms with Crippen molar-refractivity contribution in [1.29, 1.82) is 0 Å². The van der Waals surface area contributed by atoms with Gasteiger partial charge >= 0.3 is 12.0 Å². The van der Waals surface area contributed by atoms with Gasteiger partial charge in [0.25, 0.3) is 10.2 Å². The van der Waals surface area contributed by atoms with Gasteiger partial charge in [0, 0.05) is 39.3 Å². The Labute approximate surface area is 257 Å². The number of carboxylic acid groups (broad SMARTS) is 1. The number of amides is 4. The Hall–Kier alpha value is -2.45. The number of urea groups is 1. The molecule has 2 saturated heterocycles. The van der Waals surface area contributed by atoms with Crippen LogP contribution in [0.25, 0.3) is 0 Å². The first-order valence-electron chi connectivity index (χ1n) is 15.7. The molecule has 1 unspecified atom stereocenters. The van der Waals surface area contributed by atoms with Crippen molar-refractivity contribution in [2.75, 3.05) is 39.8 Å². The molecule has 0 saturated carbocycles. The molecule has 0 spiro atoms. The van der Waals surface area contributed by atoms with Crippen molar-refractivity contribution < 1.29 is 32.7 Å². The molecule has 0 radical (unpaired) electrons. The zero-order chi connectivity index (χ0) is 32.4. The SMILES string of the molecule is CCCCCCC[C@@](CC)(NC(=O)[C@@H]1CCCN1C(=O)CNC(=O)NC(CN1CCCN(C)S1(=O)=O)C(C)(C)C)C(=O)O. The second kappa shape index (κ2) is 16.0. The van der Waals surface area contributed by atoms with Crippen molar-refractivity contribution in [2.24, 2.45) is 5.41 Å². The fourth-order valence-electron chi connectivity index (χ4n) is 5.62. The quantitative estimate of drug-likeness (QED) is 0.201. The molecule has 2 aliphatic rings. The summed E-state index contributed by atoms with van der Waals surface area (Å²) in [7, 11) is -2.08. The van der Waals surface area contributed by atoms with E-state index in [1.165, 1.54) is 20.6 Å². The molecule has 2 heterocycles. The van der Waals surface area contributed by atoms with Crippen LogP contribution in [0.2, 0.25) is 0 Å². The first-order valence-corrected chi connectivity index (χ1v) is 17.1. The summed E-state index contributed by atoms with van der Waals surface area (Å²) in [4.78, 5) is 52.9. The molecule has 4 amide bonds. The number of carbonyl (C=O) groups excluding carboxylic acids is 3. The Morgan fingerprint density at radius 3 is 2.26 bits per heavy atom. The lowest BCUT2D eigenvalue weighted by atomic mass is 9.86. The van der Waals surface area contributed by atoms with Crippen LogP contribution in [-0.2, 0) is 24.6 Å². The Kier molecular flexibility index (Phi) is 13.7. The molecule has 3 atom stereocenters. The molecule has 2 fully saturated rings. The molecule has 2 rings (SSSR count). The van der Waals surface area contributed by atoms with E-state index in [9.17, 15) is 32.7 Å². The van der Waals surface area contributed by atoms with Crippen LogP contribution in [0, 0.1) is 5.41 Å². The average Bonchev–Trinajstić information content (AvgIpc) is 3.43. The van der Waals surface area contributed by atoms with E-state index in [0.717, 1.165) is 25.7 Å². The normalized spacial score (nSPS) is 21.5. The van der Waals surface area contributed by atoms with Crippen LogP contribution in [0.1, 0.15) is 98.8 Å². The van der Waals surface area contributed by atoms with Gasteiger partial charge in [0.05, 0.1) is 6.54 Å². The van der Waals surface area contributed by atoms with Gasteiger partial charge < -0.3 is 26.0 Å². The van der Waals surface area contributed by atoms with E-state index in [-0.39, 0.29) is 19.5 Å². The standard InChI is InChI=1S/C29H54N6O7S/c1-7-9-10-11-12-16-29(8-2,26(38)39)32-25(37)22-15-13-19-35(22)24(36)20-30-27(40)31-23(28(3,4)5)21-34-18-14-17-33(6)43(34,41)42/h22-23H,7-21H2,1-6H3,(H,32,37)(H,38,39)(H2,30,31,40)/t22-,23?,29+/m0/s1. The fraction of sp³-hybridized carbons (Fsp3) is 0.862. The average molecular weight is 631 g/mol. The van der Waals surface area contributed by atoms with Crippen molar-refractivity contribution in [1.82, 2.24) is 29.5 Å². The molecule has 4 N–H and O–H groups in total. The molecule has 14 heteroatoms. The molecular weight excluding hydrogens is 576 g/mol. The van der Waals surface area contributed by atoms with E-state index in [1.807, 2.05) is 20.8 Å². The monoisotopic (exact) mass is 630 g/mol. The summed E-state index contributed by atoms with van der Waals surface area (Å²) in [5, 5.41) is 18.2. The highest BCUT2D eigenvalue weighted by Gasteiger charge is 2.42. The van der Waals surface area contributed by atoms with Crippen molar-refractivity contribution in [3.8, 4) is 0 Å². The number of carbonyl (C=O) groups is 4. The maximum absolute atomic E-state index is 13.3. The number of hydrogen-bond donors (Lipinski definition) is 4. The number of hydrogen-bond acceptors (Lipinski definition) is 6. The van der Waals surface area contributed by atoms with Gasteiger partial charge in [0.15, 0.2) is 0 Å². The van der Waals surface area contributed by atoms with Gasteiger partial charge in [-0.2, -0.15) is 17.0 Å². The first kappa shape index (κ1) is 36.7. The van der Waals surface area contributed by atoms with Crippen LogP contribution in [0.5, 0.6) is 0 Å². The molecule has 0 aromatic heterocycles. The predicted molar refractivity (Wildman–Crippen MR) is 164 cm³/mol. The third-order valence-electron chi connectivity index (χ3n) is 8.70. The van der Waals surface area contributed by atoms with Crippen molar-refractivity contribution >= 4 is 34.0 Å². The third kappa shape index (κ3) is 10.0. The summed E-state index contributed by atoms with van der Waals surface area (Å²) in [6.45, 7) is 10.4. The van der Waals surface area contributed by atoms with Gasteiger partial charge in [0.2, 0.25) is 11.8 Å². The molecule has 13 nitrogen and oxygen atoms in total. The predicted octanol–water partition coefficient (Wildman–Crippen LogP) is 2.28. The second-order valence-electron chi connectivity index (χ2n) is 12.9. The van der Waals surface area contributed by atoms with E-state index in [4.69, 9.17) is 0 Å². The molecule has 0 aromatic carbocycles. The summed E-state index contributed by atoms with van der Waals surface area (Å²) < 4.78 is 28.2. The Morgan fingerprint density at radius 1 is 0.977 bits per heavy atom. The number of aliphatic carboxylic acids is 1. The molecule has 0 aliphatic carbocycles. The number of likely N-dealkylation sites (tertiary alicyclic amines) is 1. The Bertz CT molecular complexity index is 1080. The van der Waals surface area contributed by atoms with Gasteiger partial charge in [-0.25, -0.2) is 9.59 Å². The summed E-state index contributed by atoms with van der Waals surface area (Å²) in [6.07, 6.45) is 6.98. The largest absolute Gasteiger partial charge is 0.480 e. The van der Waals surface area contributed by atoms with Gasteiger partial charge in [-0.1, -0.05) is 66.7 Å². The maximum Gasteiger partial charge on any atom is 0.329 e. The van der Waals surface area contributed by atoms with Crippen LogP contribution >= 0.6 is 0 Å². The van der Waals surface area contributed by atoms with E-state index < -0.39 is 57.1 Å². The molecule has 0 bridgehead atoms. The minimum Gasteiger partial charge on any atom is -0.480 e. The summed E-state index contributed by atoms with van der Waals surface area (Å²) >= 11 is 0. The number of nitrogens with one attached hydrogen (secondary N) is 3. The van der Waals surface area contributed by atoms with Crippen LogP contribution in [0.4, 0.5) is 4.79 Å². The molecule has 0 aromatic rings. The lowest BCUT2D eigenvalue weighted by Gasteiger charge is -2.38. The number of nitrogens with zero attached hydrogens (tertiary/aromatic N) is 3. The lowest BCUT2D eigenvalue weighted by molar-refractivity contribution is -0.149. The minimum atomic E-state index is -3.61. The first-order chi connectivity index (χ1) is 20.1. The second-order valence-corrected chi connectivity index (χ2v) is 15.0. The fourth-order valence-corrected chi connectivity index (χ4v) is 7.07. The third-order valence-corrected chi connectivity index (χ3v) is 10.7. The smallest absolute Gasteiger partial charge is 0.329 e. The Balaban J connectivity index is 1.99. The van der Waals surface area contributed by atoms with Crippen molar-refractivity contribution in [3.63, 3.8) is 0 Å². The zero-order valence-corrected chi connectivity index (χ0v) is 27.7. The van der Waals surface area contributed by atoms with Crippen LogP contribution in [0.3, 0.4) is 0 Å². The molecule has 248 valence electrons. The molecule has 2 aliphatic heterocycles. The van der Waals surface area contributed by atoms with Gasteiger partial charge in [0.1, 0.15) is 11.6 Å². The van der Waals surface area contributed by atoms with Crippen molar-refractivity contribution in [2.45, 2.75) is 116 Å². The van der Waals surface area contributed by atoms with Gasteiger partial charge in [-0.05, 0) is 37.5 Å². The Morgan fingerprint density at radius 2 is 1.65 bits per heavy atom. The highest BCUT2D eigenvalue weighted by Crippen LogP contribution is 2.25. The zero-order valence-electron chi connectivity index (χ0n) is 26.9. The maximum atomic E-state index is 13.3. The summed E-state index contributed by atoms with van der Waals surface area (Å²) in [5.74, 6) is -2.02. The molecule has 43 heavy (non-hydrogen) atoms. The van der Waals surface area contributed by atoms with Crippen LogP contribution in [-0.4, -0.2) is 108 Å². The minimum absolute atomic E-state index is 0.0905. The number of rotatable bonds is 15. The van der Waals surface area contributed by atoms with Crippen molar-refractivity contribution in [3.05, 3.63) is 0 Å².